The molecule has 1 heterocycles. The number of carbonyl (C=O) groups is 2. The van der Waals surface area contributed by atoms with Gasteiger partial charge in [0.2, 0.25) is 0 Å². The van der Waals surface area contributed by atoms with Gasteiger partial charge in [0.05, 0.1) is 15.8 Å². The van der Waals surface area contributed by atoms with Crippen LogP contribution >= 0.6 is 0 Å². The molecule has 9 heteroatoms. The van der Waals surface area contributed by atoms with Gasteiger partial charge in [0.1, 0.15) is 12.2 Å². The Bertz CT molecular complexity index is 1120. The number of nitrogens with zero attached hydrogens (tertiary/aromatic N) is 1. The number of rotatable bonds is 5. The van der Waals surface area contributed by atoms with Crippen molar-refractivity contribution in [3.8, 4) is 0 Å². The number of aryl methyl sites for hydroxylation is 1. The molecule has 2 aromatic carbocycles. The molecule has 34 heavy (non-hydrogen) atoms. The third-order valence-electron chi connectivity index (χ3n) is 5.42. The van der Waals surface area contributed by atoms with Gasteiger partial charge in [0, 0.05) is 13.1 Å². The number of amides is 2. The minimum absolute atomic E-state index is 0.0501. The first-order valence-electron chi connectivity index (χ1n) is 11.3. The van der Waals surface area contributed by atoms with E-state index in [2.05, 4.69) is 5.32 Å². The lowest BCUT2D eigenvalue weighted by atomic mass is 10.1. The lowest BCUT2D eigenvalue weighted by Gasteiger charge is -2.31. The van der Waals surface area contributed by atoms with Gasteiger partial charge < -0.3 is 14.4 Å². The minimum atomic E-state index is -3.75. The Balaban J connectivity index is 1.66. The molecular formula is C25H32N2O6S. The van der Waals surface area contributed by atoms with Crippen LogP contribution in [0.2, 0.25) is 0 Å². The summed E-state index contributed by atoms with van der Waals surface area (Å²) in [6, 6.07) is 14.2. The van der Waals surface area contributed by atoms with Crippen LogP contribution < -0.4 is 5.32 Å². The lowest BCUT2D eigenvalue weighted by Crippen LogP contribution is -2.42. The number of nitrogens with one attached hydrogen (secondary N) is 1. The quantitative estimate of drug-likeness (QED) is 0.641. The normalized spacial score (nSPS) is 15.0. The molecule has 2 aromatic rings. The second-order valence-electron chi connectivity index (χ2n) is 9.40. The molecule has 0 aliphatic carbocycles. The average Bonchev–Trinajstić information content (AvgIpc) is 2.77. The Labute approximate surface area is 201 Å². The number of ether oxygens (including phenoxy) is 2. The van der Waals surface area contributed by atoms with Crippen LogP contribution in [0.3, 0.4) is 0 Å². The van der Waals surface area contributed by atoms with E-state index in [0.29, 0.717) is 0 Å². The highest BCUT2D eigenvalue weighted by atomic mass is 32.2. The molecule has 0 unspecified atom stereocenters. The number of likely N-dealkylation sites (tertiary alicyclic amines) is 1. The number of carbonyl (C=O) groups excluding carboxylic acids is 2. The predicted octanol–water partition coefficient (Wildman–Crippen LogP) is 4.92. The van der Waals surface area contributed by atoms with E-state index in [0.717, 1.165) is 11.1 Å². The van der Waals surface area contributed by atoms with Crippen molar-refractivity contribution in [3.63, 3.8) is 0 Å². The average molecular weight is 489 g/mol. The molecule has 0 bridgehead atoms. The first kappa shape index (κ1) is 25.6. The topological polar surface area (TPSA) is 102 Å². The highest BCUT2D eigenvalue weighted by Gasteiger charge is 2.35. The summed E-state index contributed by atoms with van der Waals surface area (Å²) in [7, 11) is -3.75. The Hall–Kier alpha value is -3.07. The van der Waals surface area contributed by atoms with Crippen molar-refractivity contribution in [2.24, 2.45) is 0 Å². The molecular weight excluding hydrogens is 456 g/mol. The molecule has 1 aliphatic heterocycles. The zero-order chi connectivity index (χ0) is 24.9. The minimum Gasteiger partial charge on any atom is -0.445 e. The Kier molecular flexibility index (Phi) is 7.86. The first-order valence-corrected chi connectivity index (χ1v) is 12.8. The fourth-order valence-corrected chi connectivity index (χ4v) is 5.61. The molecule has 2 amide bonds. The third-order valence-corrected chi connectivity index (χ3v) is 7.74. The number of hydrogen-bond donors (Lipinski definition) is 1. The SMILES string of the molecule is Cc1ccc(S(=O)(=O)C2CCN(C(=O)OCc3ccccc3)CC2)c(NC(=O)OC(C)(C)C)c1. The van der Waals surface area contributed by atoms with E-state index < -0.39 is 32.9 Å². The summed E-state index contributed by atoms with van der Waals surface area (Å²) >= 11 is 0. The number of anilines is 1. The highest BCUT2D eigenvalue weighted by molar-refractivity contribution is 7.92. The van der Waals surface area contributed by atoms with Crippen LogP contribution in [0.1, 0.15) is 44.7 Å². The lowest BCUT2D eigenvalue weighted by molar-refractivity contribution is 0.0635. The van der Waals surface area contributed by atoms with E-state index in [1.54, 1.807) is 32.9 Å². The smallest absolute Gasteiger partial charge is 0.412 e. The maximum atomic E-state index is 13.4. The van der Waals surface area contributed by atoms with Crippen LogP contribution in [0.15, 0.2) is 53.4 Å². The van der Waals surface area contributed by atoms with E-state index in [9.17, 15) is 18.0 Å². The van der Waals surface area contributed by atoms with Crippen LogP contribution in [-0.2, 0) is 25.9 Å². The molecule has 0 spiro atoms. The van der Waals surface area contributed by atoms with E-state index in [1.165, 1.54) is 11.0 Å². The van der Waals surface area contributed by atoms with Crippen LogP contribution in [0.25, 0.3) is 0 Å². The van der Waals surface area contributed by atoms with E-state index in [4.69, 9.17) is 9.47 Å². The zero-order valence-electron chi connectivity index (χ0n) is 20.0. The molecule has 8 nitrogen and oxygen atoms in total. The van der Waals surface area contributed by atoms with Gasteiger partial charge in [-0.2, -0.15) is 0 Å². The van der Waals surface area contributed by atoms with E-state index in [-0.39, 0.29) is 43.1 Å². The molecule has 1 saturated heterocycles. The summed E-state index contributed by atoms with van der Waals surface area (Å²) < 4.78 is 37.5. The third kappa shape index (κ3) is 6.72. The summed E-state index contributed by atoms with van der Waals surface area (Å²) in [6.07, 6.45) is -0.613. The van der Waals surface area contributed by atoms with Gasteiger partial charge in [0.25, 0.3) is 0 Å². The van der Waals surface area contributed by atoms with Gasteiger partial charge in [-0.1, -0.05) is 36.4 Å². The molecule has 1 fully saturated rings. The fraction of sp³-hybridized carbons (Fsp3) is 0.440. The summed E-state index contributed by atoms with van der Waals surface area (Å²) in [5.74, 6) is 0. The molecule has 184 valence electrons. The van der Waals surface area contributed by atoms with E-state index >= 15 is 0 Å². The second kappa shape index (κ2) is 10.5. The van der Waals surface area contributed by atoms with Crippen molar-refractivity contribution in [2.45, 2.75) is 62.9 Å². The van der Waals surface area contributed by atoms with Crippen LogP contribution in [0.4, 0.5) is 15.3 Å². The summed E-state index contributed by atoms with van der Waals surface area (Å²) in [6.45, 7) is 7.74. The molecule has 3 rings (SSSR count). The summed E-state index contributed by atoms with van der Waals surface area (Å²) in [5.41, 5.74) is 1.17. The number of benzene rings is 2. The van der Waals surface area contributed by atoms with Crippen molar-refractivity contribution >= 4 is 27.7 Å². The van der Waals surface area contributed by atoms with Crippen molar-refractivity contribution in [3.05, 3.63) is 59.7 Å². The van der Waals surface area contributed by atoms with Gasteiger partial charge in [-0.15, -0.1) is 0 Å². The van der Waals surface area contributed by atoms with Crippen LogP contribution in [-0.4, -0.2) is 49.4 Å². The Morgan fingerprint density at radius 1 is 1.06 bits per heavy atom. The number of sulfone groups is 1. The highest BCUT2D eigenvalue weighted by Crippen LogP contribution is 2.31. The monoisotopic (exact) mass is 488 g/mol. The number of piperidine rings is 1. The molecule has 0 radical (unpaired) electrons. The molecule has 1 N–H and O–H groups in total. The Morgan fingerprint density at radius 2 is 1.71 bits per heavy atom. The van der Waals surface area contributed by atoms with E-state index in [1.807, 2.05) is 37.3 Å². The van der Waals surface area contributed by atoms with Gasteiger partial charge >= 0.3 is 12.2 Å². The Morgan fingerprint density at radius 3 is 2.32 bits per heavy atom. The summed E-state index contributed by atoms with van der Waals surface area (Å²) in [4.78, 5) is 26.3. The van der Waals surface area contributed by atoms with Gasteiger partial charge in [-0.25, -0.2) is 18.0 Å². The molecule has 0 atom stereocenters. The summed E-state index contributed by atoms with van der Waals surface area (Å²) in [5, 5.41) is 1.91. The van der Waals surface area contributed by atoms with Crippen molar-refractivity contribution in [1.82, 2.24) is 4.90 Å². The standard InChI is InChI=1S/C25H32N2O6S/c1-18-10-11-22(21(16-18)26-23(28)33-25(2,3)4)34(30,31)20-12-14-27(15-13-20)24(29)32-17-19-8-6-5-7-9-19/h5-11,16,20H,12-15,17H2,1-4H3,(H,26,28). The van der Waals surface area contributed by atoms with Gasteiger partial charge in [-0.05, 0) is 63.8 Å². The fourth-order valence-electron chi connectivity index (χ4n) is 3.74. The predicted molar refractivity (Wildman–Crippen MR) is 129 cm³/mol. The maximum absolute atomic E-state index is 13.4. The first-order chi connectivity index (χ1) is 16.0. The zero-order valence-corrected chi connectivity index (χ0v) is 20.9. The van der Waals surface area contributed by atoms with Gasteiger partial charge in [0.15, 0.2) is 9.84 Å². The maximum Gasteiger partial charge on any atom is 0.412 e. The largest absolute Gasteiger partial charge is 0.445 e. The van der Waals surface area contributed by atoms with Crippen molar-refractivity contribution in [2.75, 3.05) is 18.4 Å². The number of hydrogen-bond acceptors (Lipinski definition) is 6. The molecule has 0 saturated carbocycles. The van der Waals surface area contributed by atoms with Crippen LogP contribution in [0, 0.1) is 6.92 Å². The second-order valence-corrected chi connectivity index (χ2v) is 11.6. The van der Waals surface area contributed by atoms with Crippen molar-refractivity contribution in [1.29, 1.82) is 0 Å². The van der Waals surface area contributed by atoms with Crippen LogP contribution in [0.5, 0.6) is 0 Å². The van der Waals surface area contributed by atoms with Crippen molar-refractivity contribution < 1.29 is 27.5 Å². The molecule has 0 aromatic heterocycles. The molecule has 1 aliphatic rings. The van der Waals surface area contributed by atoms with Gasteiger partial charge in [-0.3, -0.25) is 5.32 Å².